The fourth-order valence-corrected chi connectivity index (χ4v) is 9.85. The lowest BCUT2D eigenvalue weighted by atomic mass is 10.0. The predicted octanol–water partition coefficient (Wildman–Crippen LogP) is 20.0. The first-order chi connectivity index (χ1) is 37.4. The first-order valence-electron chi connectivity index (χ1n) is 32.3. The quantitative estimate of drug-likeness (QED) is 0.0156. The molecule has 0 aliphatic rings. The number of nitrogens with zero attached hydrogens (tertiary/aromatic N) is 1. The van der Waals surface area contributed by atoms with Gasteiger partial charge in [-0.1, -0.05) is 255 Å². The second-order valence-electron chi connectivity index (χ2n) is 23.0. The normalized spacial score (nSPS) is 14.1. The molecule has 3 unspecified atom stereocenters. The molecule has 0 aliphatic heterocycles. The zero-order valence-corrected chi connectivity index (χ0v) is 52.1. The number of nitrogens with one attached hydrogen (secondary N) is 1. The molecule has 0 aromatic carbocycles. The molecule has 0 saturated heterocycles. The van der Waals surface area contributed by atoms with E-state index in [4.69, 9.17) is 13.8 Å². The van der Waals surface area contributed by atoms with Crippen molar-refractivity contribution in [2.45, 2.75) is 303 Å². The lowest BCUT2D eigenvalue weighted by molar-refractivity contribution is -0.870. The summed E-state index contributed by atoms with van der Waals surface area (Å²) in [6.07, 6.45) is 73.2. The molecule has 0 spiro atoms. The highest BCUT2D eigenvalue weighted by Gasteiger charge is 2.30. The van der Waals surface area contributed by atoms with Gasteiger partial charge in [0, 0.05) is 12.8 Å². The number of ether oxygens (including phenoxy) is 1. The highest BCUT2D eigenvalue weighted by Crippen LogP contribution is 2.43. The average Bonchev–Trinajstić information content (AvgIpc) is 3.39. The van der Waals surface area contributed by atoms with Gasteiger partial charge in [0.2, 0.25) is 5.91 Å². The van der Waals surface area contributed by atoms with Crippen LogP contribution in [-0.2, 0) is 27.9 Å². The number of unbranched alkanes of at least 4 members (excludes halogenated alkanes) is 33. The first-order valence-corrected chi connectivity index (χ1v) is 33.8. The number of phosphoric acid groups is 1. The summed E-state index contributed by atoms with van der Waals surface area (Å²) in [7, 11) is 1.48. The highest BCUT2D eigenvalue weighted by molar-refractivity contribution is 7.47. The van der Waals surface area contributed by atoms with Crippen molar-refractivity contribution in [1.29, 1.82) is 0 Å². The van der Waals surface area contributed by atoms with Crippen molar-refractivity contribution in [1.82, 2.24) is 5.32 Å². The maximum atomic E-state index is 13.6. The lowest BCUT2D eigenvalue weighted by Crippen LogP contribution is -2.47. The standard InChI is InChI=1S/C67H123N2O7P/c1-7-10-13-16-19-22-25-28-30-31-32-33-34-35-36-37-39-41-44-47-50-53-56-59-66(70)68-64(63-75-77(72,73)74-62-61-69(4,5)6)65(58-55-52-49-46-43-40-27-24-21-18-15-12-9-3)76-67(71)60-57-54-51-48-45-42-38-29-26-23-20-17-14-11-8-2/h19-20,22-23,26,28-30,32-33,55,58,64-65H,7-18,21,24-25,27,31,34-54,56-57,59-63H2,1-6H3,(H-,68,70,72,73)/p+1/b22-19-,23-20+,29-26+,30-28-,33-32-,58-55-. The Bertz CT molecular complexity index is 1550. The number of phosphoric ester groups is 1. The number of hydrogen-bond acceptors (Lipinski definition) is 6. The van der Waals surface area contributed by atoms with Crippen LogP contribution in [-0.4, -0.2) is 74.3 Å². The third-order valence-corrected chi connectivity index (χ3v) is 15.1. The van der Waals surface area contributed by atoms with Gasteiger partial charge in [-0.2, -0.15) is 0 Å². The summed E-state index contributed by atoms with van der Waals surface area (Å²) in [5.74, 6) is -0.519. The smallest absolute Gasteiger partial charge is 0.456 e. The van der Waals surface area contributed by atoms with Gasteiger partial charge in [0.1, 0.15) is 19.3 Å². The SMILES string of the molecule is CCCCC/C=C\C/C=C\C/C=C\CCCCCCCCCCCCC(=O)NC(COP(=O)(O)OCC[N+](C)(C)C)C(/C=C\CCCCCCCCCCCCC)OC(=O)CCCCCCCC/C=C/C=C/CCCCC. The van der Waals surface area contributed by atoms with Gasteiger partial charge in [0.25, 0.3) is 0 Å². The molecule has 10 heteroatoms. The number of esters is 1. The van der Waals surface area contributed by atoms with Crippen LogP contribution in [0.2, 0.25) is 0 Å². The molecule has 0 aromatic rings. The first kappa shape index (κ1) is 74.5. The number of amides is 1. The number of carbonyl (C=O) groups is 2. The van der Waals surface area contributed by atoms with Crippen LogP contribution in [0.3, 0.4) is 0 Å². The third kappa shape index (κ3) is 57.9. The van der Waals surface area contributed by atoms with E-state index in [-0.39, 0.29) is 31.5 Å². The van der Waals surface area contributed by atoms with Crippen LogP contribution in [0.4, 0.5) is 0 Å². The Morgan fingerprint density at radius 1 is 0.468 bits per heavy atom. The van der Waals surface area contributed by atoms with E-state index in [1.807, 2.05) is 33.3 Å². The van der Waals surface area contributed by atoms with Crippen LogP contribution < -0.4 is 5.32 Å². The molecule has 0 saturated carbocycles. The number of likely N-dealkylation sites (N-methyl/N-ethyl adjacent to an activating group) is 1. The van der Waals surface area contributed by atoms with Crippen LogP contribution >= 0.6 is 7.82 Å². The van der Waals surface area contributed by atoms with E-state index in [1.165, 1.54) is 167 Å². The molecular formula is C67H124N2O7P+. The van der Waals surface area contributed by atoms with Crippen molar-refractivity contribution >= 4 is 19.7 Å². The fraction of sp³-hybridized carbons (Fsp3) is 0.791. The van der Waals surface area contributed by atoms with Crippen LogP contribution in [0.1, 0.15) is 290 Å². The van der Waals surface area contributed by atoms with Crippen molar-refractivity contribution in [3.8, 4) is 0 Å². The molecule has 0 aliphatic carbocycles. The molecule has 0 radical (unpaired) electrons. The summed E-state index contributed by atoms with van der Waals surface area (Å²) in [5.41, 5.74) is 0. The van der Waals surface area contributed by atoms with Crippen molar-refractivity contribution in [2.24, 2.45) is 0 Å². The maximum absolute atomic E-state index is 13.6. The van der Waals surface area contributed by atoms with Crippen molar-refractivity contribution in [2.75, 3.05) is 40.9 Å². The molecule has 3 atom stereocenters. The zero-order valence-electron chi connectivity index (χ0n) is 51.2. The highest BCUT2D eigenvalue weighted by atomic mass is 31.2. The maximum Gasteiger partial charge on any atom is 0.472 e. The number of rotatable bonds is 58. The van der Waals surface area contributed by atoms with E-state index >= 15 is 0 Å². The largest absolute Gasteiger partial charge is 0.472 e. The second kappa shape index (κ2) is 56.7. The van der Waals surface area contributed by atoms with E-state index < -0.39 is 20.0 Å². The molecule has 448 valence electrons. The van der Waals surface area contributed by atoms with E-state index in [2.05, 4.69) is 86.8 Å². The topological polar surface area (TPSA) is 111 Å². The molecule has 0 fully saturated rings. The lowest BCUT2D eigenvalue weighted by Gasteiger charge is -2.27. The molecule has 77 heavy (non-hydrogen) atoms. The van der Waals surface area contributed by atoms with E-state index in [1.54, 1.807) is 0 Å². The predicted molar refractivity (Wildman–Crippen MR) is 332 cm³/mol. The number of allylic oxidation sites excluding steroid dienone is 11. The summed E-state index contributed by atoms with van der Waals surface area (Å²) in [5, 5.41) is 3.06. The Labute approximate surface area is 476 Å². The molecule has 0 bridgehead atoms. The van der Waals surface area contributed by atoms with E-state index in [0.717, 1.165) is 89.9 Å². The Hall–Kier alpha value is -2.55. The summed E-state index contributed by atoms with van der Waals surface area (Å²) >= 11 is 0. The Kier molecular flexibility index (Phi) is 54.8. The van der Waals surface area contributed by atoms with Crippen LogP contribution in [0.25, 0.3) is 0 Å². The number of carbonyl (C=O) groups excluding carboxylic acids is 2. The van der Waals surface area contributed by atoms with Gasteiger partial charge in [-0.3, -0.25) is 18.6 Å². The van der Waals surface area contributed by atoms with Crippen molar-refractivity contribution < 1.29 is 37.3 Å². The number of quaternary nitrogens is 1. The van der Waals surface area contributed by atoms with E-state index in [9.17, 15) is 19.0 Å². The third-order valence-electron chi connectivity index (χ3n) is 14.1. The minimum atomic E-state index is -4.46. The molecule has 2 N–H and O–H groups in total. The number of hydrogen-bond donors (Lipinski definition) is 2. The van der Waals surface area contributed by atoms with Gasteiger partial charge in [0.15, 0.2) is 0 Å². The summed E-state index contributed by atoms with van der Waals surface area (Å²) in [6.45, 7) is 6.96. The minimum absolute atomic E-state index is 0.0355. The summed E-state index contributed by atoms with van der Waals surface area (Å²) in [4.78, 5) is 37.8. The Balaban J connectivity index is 5.22. The molecule has 1 amide bonds. The minimum Gasteiger partial charge on any atom is -0.456 e. The summed E-state index contributed by atoms with van der Waals surface area (Å²) < 4.78 is 30.7. The van der Waals surface area contributed by atoms with Gasteiger partial charge < -0.3 is 19.4 Å². The van der Waals surface area contributed by atoms with Crippen molar-refractivity contribution in [3.05, 3.63) is 72.9 Å². The monoisotopic (exact) mass is 1100 g/mol. The van der Waals surface area contributed by atoms with Crippen LogP contribution in [0.5, 0.6) is 0 Å². The summed E-state index contributed by atoms with van der Waals surface area (Å²) in [6, 6.07) is -0.858. The van der Waals surface area contributed by atoms with Gasteiger partial charge in [0.05, 0.1) is 33.8 Å². The average molecular weight is 1100 g/mol. The Morgan fingerprint density at radius 3 is 1.29 bits per heavy atom. The molecule has 0 rings (SSSR count). The van der Waals surface area contributed by atoms with Gasteiger partial charge in [-0.25, -0.2) is 4.57 Å². The fourth-order valence-electron chi connectivity index (χ4n) is 9.11. The molecule has 0 heterocycles. The van der Waals surface area contributed by atoms with Crippen molar-refractivity contribution in [3.63, 3.8) is 0 Å². The molecule has 0 aromatic heterocycles. The van der Waals surface area contributed by atoms with Crippen LogP contribution in [0, 0.1) is 0 Å². The molecule has 9 nitrogen and oxygen atoms in total. The second-order valence-corrected chi connectivity index (χ2v) is 24.4. The van der Waals surface area contributed by atoms with E-state index in [0.29, 0.717) is 17.4 Å². The van der Waals surface area contributed by atoms with Gasteiger partial charge in [-0.15, -0.1) is 0 Å². The van der Waals surface area contributed by atoms with Gasteiger partial charge in [-0.05, 0) is 96.0 Å². The molecular weight excluding hydrogens is 976 g/mol. The Morgan fingerprint density at radius 2 is 0.831 bits per heavy atom. The van der Waals surface area contributed by atoms with Crippen LogP contribution in [0.15, 0.2) is 72.9 Å². The zero-order chi connectivity index (χ0) is 56.4. The van der Waals surface area contributed by atoms with Gasteiger partial charge >= 0.3 is 13.8 Å².